The zero-order valence-electron chi connectivity index (χ0n) is 13.8. The van der Waals surface area contributed by atoms with E-state index in [4.69, 9.17) is 4.74 Å². The molecule has 1 fully saturated rings. The van der Waals surface area contributed by atoms with Crippen LogP contribution in [-0.2, 0) is 4.74 Å². The number of phenolic OH excluding ortho intramolecular Hbond substituents is 1. The summed E-state index contributed by atoms with van der Waals surface area (Å²) in [5.41, 5.74) is 0.911. The van der Waals surface area contributed by atoms with Gasteiger partial charge in [-0.2, -0.15) is 0 Å². The highest BCUT2D eigenvalue weighted by atomic mass is 16.5. The number of nitrogens with one attached hydrogen (secondary N) is 1. The number of ether oxygens (including phenoxy) is 1. The molecule has 1 aromatic carbocycles. The van der Waals surface area contributed by atoms with Gasteiger partial charge in [-0.05, 0) is 30.0 Å². The molecule has 5 heteroatoms. The first-order valence-electron chi connectivity index (χ1n) is 7.73. The summed E-state index contributed by atoms with van der Waals surface area (Å²) in [5, 5.41) is 12.6. The molecule has 0 spiro atoms. The van der Waals surface area contributed by atoms with E-state index in [1.807, 2.05) is 13.0 Å². The average molecular weight is 306 g/mol. The predicted octanol–water partition coefficient (Wildman–Crippen LogP) is 2.91. The Balaban J connectivity index is 2.00. The molecule has 2 atom stereocenters. The fraction of sp³-hybridized carbons (Fsp3) is 0.588. The van der Waals surface area contributed by atoms with Crippen LogP contribution >= 0.6 is 0 Å². The Kier molecular flexibility index (Phi) is 4.96. The number of carbonyl (C=O) groups excluding carboxylic acids is 1. The van der Waals surface area contributed by atoms with Crippen molar-refractivity contribution in [3.8, 4) is 5.75 Å². The number of rotatable bonds is 2. The van der Waals surface area contributed by atoms with Crippen LogP contribution in [0, 0.1) is 5.41 Å². The third-order valence-corrected chi connectivity index (χ3v) is 4.23. The van der Waals surface area contributed by atoms with Gasteiger partial charge in [-0.3, -0.25) is 0 Å². The third-order valence-electron chi connectivity index (χ3n) is 4.23. The second-order valence-corrected chi connectivity index (χ2v) is 6.94. The molecule has 2 N–H and O–H groups in total. The molecule has 1 aliphatic rings. The number of carbonyl (C=O) groups is 1. The molecule has 0 saturated carbocycles. The molecule has 0 radical (unpaired) electrons. The van der Waals surface area contributed by atoms with Crippen LogP contribution in [0.3, 0.4) is 0 Å². The monoisotopic (exact) mass is 306 g/mol. The number of morpholine rings is 1. The molecule has 1 heterocycles. The van der Waals surface area contributed by atoms with Crippen LogP contribution in [0.15, 0.2) is 24.3 Å². The number of urea groups is 1. The molecule has 22 heavy (non-hydrogen) atoms. The van der Waals surface area contributed by atoms with Crippen molar-refractivity contribution in [1.29, 1.82) is 0 Å². The first kappa shape index (κ1) is 16.6. The Morgan fingerprint density at radius 2 is 2.18 bits per heavy atom. The van der Waals surface area contributed by atoms with Crippen LogP contribution < -0.4 is 5.32 Å². The Morgan fingerprint density at radius 3 is 2.82 bits per heavy atom. The van der Waals surface area contributed by atoms with E-state index in [1.54, 1.807) is 23.1 Å². The number of hydrogen-bond acceptors (Lipinski definition) is 3. The summed E-state index contributed by atoms with van der Waals surface area (Å²) in [6, 6.07) is 7.03. The minimum absolute atomic E-state index is 0.0204. The van der Waals surface area contributed by atoms with E-state index in [0.717, 1.165) is 5.56 Å². The zero-order valence-corrected chi connectivity index (χ0v) is 13.8. The van der Waals surface area contributed by atoms with Crippen LogP contribution in [0.2, 0.25) is 0 Å². The molecule has 0 unspecified atom stereocenters. The highest BCUT2D eigenvalue weighted by Gasteiger charge is 2.28. The first-order chi connectivity index (χ1) is 10.3. The van der Waals surface area contributed by atoms with Crippen LogP contribution in [0.25, 0.3) is 0 Å². The fourth-order valence-corrected chi connectivity index (χ4v) is 2.25. The summed E-state index contributed by atoms with van der Waals surface area (Å²) in [4.78, 5) is 14.2. The Bertz CT molecular complexity index is 525. The number of amides is 2. The summed E-state index contributed by atoms with van der Waals surface area (Å²) in [6.07, 6.45) is -0.198. The number of benzene rings is 1. The molecule has 0 bridgehead atoms. The summed E-state index contributed by atoms with van der Waals surface area (Å²) >= 11 is 0. The highest BCUT2D eigenvalue weighted by molar-refractivity contribution is 5.74. The molecule has 1 aromatic rings. The fourth-order valence-electron chi connectivity index (χ4n) is 2.25. The van der Waals surface area contributed by atoms with Crippen LogP contribution in [0.5, 0.6) is 5.75 Å². The van der Waals surface area contributed by atoms with Gasteiger partial charge in [0.1, 0.15) is 11.9 Å². The molecule has 2 rings (SSSR count). The van der Waals surface area contributed by atoms with Crippen molar-refractivity contribution in [2.45, 2.75) is 39.8 Å². The normalized spacial score (nSPS) is 20.5. The second kappa shape index (κ2) is 6.57. The van der Waals surface area contributed by atoms with Crippen molar-refractivity contribution in [3.05, 3.63) is 29.8 Å². The van der Waals surface area contributed by atoms with Crippen molar-refractivity contribution in [2.75, 3.05) is 19.7 Å². The lowest BCUT2D eigenvalue weighted by atomic mass is 9.88. The summed E-state index contributed by atoms with van der Waals surface area (Å²) < 4.78 is 5.74. The van der Waals surface area contributed by atoms with Gasteiger partial charge in [0.25, 0.3) is 0 Å². The zero-order chi connectivity index (χ0) is 16.3. The van der Waals surface area contributed by atoms with E-state index in [0.29, 0.717) is 19.7 Å². The van der Waals surface area contributed by atoms with E-state index in [-0.39, 0.29) is 29.3 Å². The lowest BCUT2D eigenvalue weighted by molar-refractivity contribution is -0.0162. The predicted molar refractivity (Wildman–Crippen MR) is 85.8 cm³/mol. The maximum atomic E-state index is 12.4. The van der Waals surface area contributed by atoms with E-state index < -0.39 is 0 Å². The summed E-state index contributed by atoms with van der Waals surface area (Å²) in [6.45, 7) is 9.90. The topological polar surface area (TPSA) is 61.8 Å². The van der Waals surface area contributed by atoms with Crippen molar-refractivity contribution < 1.29 is 14.6 Å². The van der Waals surface area contributed by atoms with E-state index in [2.05, 4.69) is 26.1 Å². The molecular weight excluding hydrogens is 280 g/mol. The molecular formula is C17H26N2O3. The van der Waals surface area contributed by atoms with Crippen molar-refractivity contribution in [1.82, 2.24) is 10.2 Å². The number of nitrogens with zero attached hydrogens (tertiary/aromatic N) is 1. The van der Waals surface area contributed by atoms with E-state index >= 15 is 0 Å². The Morgan fingerprint density at radius 1 is 1.45 bits per heavy atom. The van der Waals surface area contributed by atoms with Gasteiger partial charge in [0.15, 0.2) is 0 Å². The minimum Gasteiger partial charge on any atom is -0.508 e. The van der Waals surface area contributed by atoms with Gasteiger partial charge >= 0.3 is 6.03 Å². The van der Waals surface area contributed by atoms with Gasteiger partial charge in [0, 0.05) is 12.6 Å². The maximum Gasteiger partial charge on any atom is 0.317 e. The SMILES string of the molecule is C[C@H](NC(=O)N1CCO[C@H](c2cccc(O)c2)C1)C(C)(C)C. The maximum absolute atomic E-state index is 12.4. The second-order valence-electron chi connectivity index (χ2n) is 6.94. The van der Waals surface area contributed by atoms with Gasteiger partial charge in [-0.15, -0.1) is 0 Å². The standard InChI is InChI=1S/C17H26N2O3/c1-12(17(2,3)4)18-16(21)19-8-9-22-15(11-19)13-6-5-7-14(20)10-13/h5-7,10,12,15,20H,8-9,11H2,1-4H3,(H,18,21)/t12-,15-/m0/s1. The third kappa shape index (κ3) is 4.13. The van der Waals surface area contributed by atoms with Crippen LogP contribution in [0.4, 0.5) is 4.79 Å². The van der Waals surface area contributed by atoms with Gasteiger partial charge in [0.2, 0.25) is 0 Å². The number of aromatic hydroxyl groups is 1. The lowest BCUT2D eigenvalue weighted by Crippen LogP contribution is -2.51. The van der Waals surface area contributed by atoms with Gasteiger partial charge in [0.05, 0.1) is 13.2 Å². The summed E-state index contributed by atoms with van der Waals surface area (Å²) in [5.74, 6) is 0.212. The first-order valence-corrected chi connectivity index (χ1v) is 7.73. The quantitative estimate of drug-likeness (QED) is 0.883. The van der Waals surface area contributed by atoms with Crippen LogP contribution in [0.1, 0.15) is 39.4 Å². The number of hydrogen-bond donors (Lipinski definition) is 2. The van der Waals surface area contributed by atoms with Crippen molar-refractivity contribution in [2.24, 2.45) is 5.41 Å². The molecule has 0 aromatic heterocycles. The Labute approximate surface area is 132 Å². The highest BCUT2D eigenvalue weighted by Crippen LogP contribution is 2.25. The molecule has 5 nitrogen and oxygen atoms in total. The molecule has 1 aliphatic heterocycles. The molecule has 1 saturated heterocycles. The summed E-state index contributed by atoms with van der Waals surface area (Å²) in [7, 11) is 0. The van der Waals surface area contributed by atoms with Gasteiger partial charge in [-0.1, -0.05) is 32.9 Å². The number of phenols is 1. The van der Waals surface area contributed by atoms with E-state index in [9.17, 15) is 9.90 Å². The average Bonchev–Trinajstić information content (AvgIpc) is 2.46. The van der Waals surface area contributed by atoms with Gasteiger partial charge in [-0.25, -0.2) is 4.79 Å². The van der Waals surface area contributed by atoms with E-state index in [1.165, 1.54) is 0 Å². The molecule has 0 aliphatic carbocycles. The lowest BCUT2D eigenvalue weighted by Gasteiger charge is -2.36. The Hall–Kier alpha value is -1.75. The molecule has 122 valence electrons. The smallest absolute Gasteiger partial charge is 0.317 e. The van der Waals surface area contributed by atoms with Crippen LogP contribution in [-0.4, -0.2) is 41.8 Å². The van der Waals surface area contributed by atoms with Crippen molar-refractivity contribution in [3.63, 3.8) is 0 Å². The van der Waals surface area contributed by atoms with Crippen molar-refractivity contribution >= 4 is 6.03 Å². The minimum atomic E-state index is -0.198. The largest absolute Gasteiger partial charge is 0.508 e. The van der Waals surface area contributed by atoms with Gasteiger partial charge < -0.3 is 20.1 Å². The molecule has 2 amide bonds.